The van der Waals surface area contributed by atoms with Crippen molar-refractivity contribution in [3.8, 4) is 0 Å². The van der Waals surface area contributed by atoms with E-state index in [0.717, 1.165) is 24.6 Å². The molecule has 0 radical (unpaired) electrons. The van der Waals surface area contributed by atoms with Crippen LogP contribution in [0.25, 0.3) is 0 Å². The zero-order valence-electron chi connectivity index (χ0n) is 12.1. The van der Waals surface area contributed by atoms with E-state index in [2.05, 4.69) is 55.1 Å². The van der Waals surface area contributed by atoms with Crippen LogP contribution in [0.2, 0.25) is 0 Å². The fourth-order valence-corrected chi connectivity index (χ4v) is 1.59. The number of nitrogens with one attached hydrogen (secondary N) is 1. The van der Waals surface area contributed by atoms with Gasteiger partial charge in [-0.15, -0.1) is 0 Å². The van der Waals surface area contributed by atoms with E-state index >= 15 is 0 Å². The summed E-state index contributed by atoms with van der Waals surface area (Å²) in [4.78, 5) is 10.9. The normalized spacial score (nSPS) is 13.1. The molecule has 0 aromatic carbocycles. The molecule has 1 unspecified atom stereocenters. The monoisotopic (exact) mass is 251 g/mol. The Labute approximate surface area is 110 Å². The summed E-state index contributed by atoms with van der Waals surface area (Å²) in [5, 5.41) is 3.38. The van der Waals surface area contributed by atoms with Gasteiger partial charge in [0.2, 0.25) is 0 Å². The second-order valence-electron chi connectivity index (χ2n) is 5.33. The van der Waals surface area contributed by atoms with E-state index in [1.807, 2.05) is 0 Å². The molecule has 0 bridgehead atoms. The van der Waals surface area contributed by atoms with Crippen molar-refractivity contribution in [1.29, 1.82) is 0 Å². The third-order valence-electron chi connectivity index (χ3n) is 2.68. The van der Waals surface area contributed by atoms with Gasteiger partial charge in [-0.2, -0.15) is 0 Å². The lowest BCUT2D eigenvalue weighted by Gasteiger charge is -2.18. The molecule has 1 heterocycles. The first kappa shape index (κ1) is 14.7. The molecule has 0 spiro atoms. The van der Waals surface area contributed by atoms with Crippen LogP contribution >= 0.6 is 0 Å². The second kappa shape index (κ2) is 6.54. The van der Waals surface area contributed by atoms with E-state index in [1.165, 1.54) is 0 Å². The van der Waals surface area contributed by atoms with Crippen molar-refractivity contribution in [2.45, 2.75) is 39.2 Å². The number of rotatable bonds is 6. The van der Waals surface area contributed by atoms with Crippen molar-refractivity contribution < 1.29 is 0 Å². The van der Waals surface area contributed by atoms with Crippen molar-refractivity contribution in [2.75, 3.05) is 31.7 Å². The minimum atomic E-state index is 0.283. The van der Waals surface area contributed by atoms with Gasteiger partial charge < -0.3 is 16.0 Å². The van der Waals surface area contributed by atoms with Crippen molar-refractivity contribution in [3.63, 3.8) is 0 Å². The van der Waals surface area contributed by atoms with Crippen LogP contribution in [0, 0.1) is 0 Å². The van der Waals surface area contributed by atoms with Crippen LogP contribution in [0.4, 0.5) is 11.6 Å². The SMILES string of the molecule is CC(CCN(C)C)Nc1cc(N)nc(C(C)C)n1. The van der Waals surface area contributed by atoms with E-state index in [1.54, 1.807) is 6.07 Å². The lowest BCUT2D eigenvalue weighted by atomic mass is 10.2. The molecule has 102 valence electrons. The molecule has 0 amide bonds. The molecule has 0 aliphatic carbocycles. The van der Waals surface area contributed by atoms with Crippen molar-refractivity contribution in [2.24, 2.45) is 0 Å². The molecule has 1 aromatic heterocycles. The maximum atomic E-state index is 5.80. The molecule has 3 N–H and O–H groups in total. The number of nitrogens with zero attached hydrogens (tertiary/aromatic N) is 3. The molecule has 1 atom stereocenters. The van der Waals surface area contributed by atoms with Gasteiger partial charge in [0.15, 0.2) is 0 Å². The van der Waals surface area contributed by atoms with Gasteiger partial charge in [0.1, 0.15) is 17.5 Å². The lowest BCUT2D eigenvalue weighted by molar-refractivity contribution is 0.390. The van der Waals surface area contributed by atoms with Gasteiger partial charge in [-0.25, -0.2) is 9.97 Å². The lowest BCUT2D eigenvalue weighted by Crippen LogP contribution is -2.23. The Hall–Kier alpha value is -1.36. The quantitative estimate of drug-likeness (QED) is 0.808. The number of nitrogen functional groups attached to an aromatic ring is 1. The standard InChI is InChI=1S/C13H25N5/c1-9(2)13-16-11(14)8-12(17-13)15-10(3)6-7-18(4)5/h8-10H,6-7H2,1-5H3,(H3,14,15,16,17). The summed E-state index contributed by atoms with van der Waals surface area (Å²) in [5.74, 6) is 2.41. The van der Waals surface area contributed by atoms with Crippen LogP contribution < -0.4 is 11.1 Å². The smallest absolute Gasteiger partial charge is 0.135 e. The molecular weight excluding hydrogens is 226 g/mol. The Morgan fingerprint density at radius 1 is 1.28 bits per heavy atom. The first-order valence-electron chi connectivity index (χ1n) is 6.44. The van der Waals surface area contributed by atoms with E-state index in [9.17, 15) is 0 Å². The van der Waals surface area contributed by atoms with Crippen LogP contribution in [-0.2, 0) is 0 Å². The largest absolute Gasteiger partial charge is 0.384 e. The fourth-order valence-electron chi connectivity index (χ4n) is 1.59. The van der Waals surface area contributed by atoms with Crippen LogP contribution in [0.15, 0.2) is 6.07 Å². The average Bonchev–Trinajstić information content (AvgIpc) is 2.25. The topological polar surface area (TPSA) is 67.1 Å². The summed E-state index contributed by atoms with van der Waals surface area (Å²) in [6.45, 7) is 7.32. The first-order chi connectivity index (χ1) is 8.38. The minimum absolute atomic E-state index is 0.283. The molecule has 5 heteroatoms. The summed E-state index contributed by atoms with van der Waals surface area (Å²) in [7, 11) is 4.15. The molecule has 0 saturated heterocycles. The minimum Gasteiger partial charge on any atom is -0.384 e. The van der Waals surface area contributed by atoms with Gasteiger partial charge in [0, 0.05) is 18.0 Å². The number of hydrogen-bond acceptors (Lipinski definition) is 5. The average molecular weight is 251 g/mol. The van der Waals surface area contributed by atoms with E-state index < -0.39 is 0 Å². The zero-order valence-corrected chi connectivity index (χ0v) is 12.1. The molecule has 18 heavy (non-hydrogen) atoms. The van der Waals surface area contributed by atoms with Gasteiger partial charge in [-0.1, -0.05) is 13.8 Å². The Kier molecular flexibility index (Phi) is 5.34. The predicted molar refractivity (Wildman–Crippen MR) is 76.8 cm³/mol. The van der Waals surface area contributed by atoms with Crippen LogP contribution in [0.1, 0.15) is 38.9 Å². The molecule has 0 fully saturated rings. The Balaban J connectivity index is 2.66. The third-order valence-corrected chi connectivity index (χ3v) is 2.68. The van der Waals surface area contributed by atoms with Crippen molar-refractivity contribution in [3.05, 3.63) is 11.9 Å². The highest BCUT2D eigenvalue weighted by molar-refractivity contribution is 5.45. The van der Waals surface area contributed by atoms with Crippen molar-refractivity contribution in [1.82, 2.24) is 14.9 Å². The summed E-state index contributed by atoms with van der Waals surface area (Å²) in [5.41, 5.74) is 5.80. The van der Waals surface area contributed by atoms with Crippen LogP contribution in [0.5, 0.6) is 0 Å². The van der Waals surface area contributed by atoms with Gasteiger partial charge in [-0.05, 0) is 34.0 Å². The predicted octanol–water partition coefficient (Wildman–Crippen LogP) is 1.93. The molecule has 5 nitrogen and oxygen atoms in total. The number of nitrogens with two attached hydrogens (primary N) is 1. The van der Waals surface area contributed by atoms with Gasteiger partial charge in [0.05, 0.1) is 0 Å². The highest BCUT2D eigenvalue weighted by Crippen LogP contribution is 2.16. The number of aromatic nitrogens is 2. The summed E-state index contributed by atoms with van der Waals surface area (Å²) in [6, 6.07) is 2.15. The molecular formula is C13H25N5. The molecule has 1 rings (SSSR count). The number of anilines is 2. The maximum Gasteiger partial charge on any atom is 0.135 e. The highest BCUT2D eigenvalue weighted by Gasteiger charge is 2.09. The third kappa shape index (κ3) is 4.87. The van der Waals surface area contributed by atoms with Crippen molar-refractivity contribution >= 4 is 11.6 Å². The van der Waals surface area contributed by atoms with E-state index in [-0.39, 0.29) is 5.92 Å². The van der Waals surface area contributed by atoms with Gasteiger partial charge in [0.25, 0.3) is 0 Å². The Morgan fingerprint density at radius 2 is 1.94 bits per heavy atom. The number of hydrogen-bond donors (Lipinski definition) is 2. The molecule has 0 aliphatic rings. The maximum absolute atomic E-state index is 5.80. The molecule has 1 aromatic rings. The Morgan fingerprint density at radius 3 is 2.50 bits per heavy atom. The molecule has 0 aliphatic heterocycles. The Bertz CT molecular complexity index is 376. The van der Waals surface area contributed by atoms with Gasteiger partial charge in [-0.3, -0.25) is 0 Å². The highest BCUT2D eigenvalue weighted by atomic mass is 15.1. The second-order valence-corrected chi connectivity index (χ2v) is 5.33. The van der Waals surface area contributed by atoms with Crippen LogP contribution in [0.3, 0.4) is 0 Å². The summed E-state index contributed by atoms with van der Waals surface area (Å²) < 4.78 is 0. The van der Waals surface area contributed by atoms with Crippen LogP contribution in [-0.4, -0.2) is 41.5 Å². The zero-order chi connectivity index (χ0) is 13.7. The summed E-state index contributed by atoms with van der Waals surface area (Å²) >= 11 is 0. The van der Waals surface area contributed by atoms with E-state index in [0.29, 0.717) is 11.9 Å². The first-order valence-corrected chi connectivity index (χ1v) is 6.44. The summed E-state index contributed by atoms with van der Waals surface area (Å²) in [6.07, 6.45) is 1.06. The van der Waals surface area contributed by atoms with Gasteiger partial charge >= 0.3 is 0 Å². The fraction of sp³-hybridized carbons (Fsp3) is 0.692. The van der Waals surface area contributed by atoms with E-state index in [4.69, 9.17) is 5.73 Å². The molecule has 0 saturated carbocycles.